The summed E-state index contributed by atoms with van der Waals surface area (Å²) in [6, 6.07) is 11.8. The molecule has 4 nitrogen and oxygen atoms in total. The van der Waals surface area contributed by atoms with Gasteiger partial charge in [-0.3, -0.25) is 9.59 Å². The predicted octanol–water partition coefficient (Wildman–Crippen LogP) is 5.52. The highest BCUT2D eigenvalue weighted by molar-refractivity contribution is 6.42. The van der Waals surface area contributed by atoms with E-state index in [2.05, 4.69) is 5.32 Å². The molecule has 156 valence electrons. The predicted molar refractivity (Wildman–Crippen MR) is 120 cm³/mol. The van der Waals surface area contributed by atoms with Crippen molar-refractivity contribution in [1.29, 1.82) is 0 Å². The first-order valence-electron chi connectivity index (χ1n) is 9.50. The number of halogens is 3. The van der Waals surface area contributed by atoms with Crippen LogP contribution in [0.1, 0.15) is 38.3 Å². The van der Waals surface area contributed by atoms with E-state index in [4.69, 9.17) is 34.8 Å². The Kier molecular flexibility index (Phi) is 8.81. The smallest absolute Gasteiger partial charge is 0.243 e. The molecule has 0 fully saturated rings. The molecule has 1 atom stereocenters. The lowest BCUT2D eigenvalue weighted by molar-refractivity contribution is -0.141. The molecule has 7 heteroatoms. The lowest BCUT2D eigenvalue weighted by Gasteiger charge is -2.31. The van der Waals surface area contributed by atoms with Gasteiger partial charge in [0.05, 0.1) is 16.5 Å². The third-order valence-electron chi connectivity index (χ3n) is 4.45. The minimum Gasteiger partial charge on any atom is -0.352 e. The van der Waals surface area contributed by atoms with Crippen molar-refractivity contribution in [2.45, 2.75) is 52.2 Å². The molecule has 1 unspecified atom stereocenters. The number of hydrogen-bond acceptors (Lipinski definition) is 2. The van der Waals surface area contributed by atoms with Crippen molar-refractivity contribution in [1.82, 2.24) is 10.2 Å². The molecule has 2 aromatic rings. The fraction of sp³-hybridized carbons (Fsp3) is 0.364. The normalized spacial score (nSPS) is 12.0. The number of rotatable bonds is 8. The molecule has 0 spiro atoms. The molecule has 29 heavy (non-hydrogen) atoms. The number of hydrogen-bond donors (Lipinski definition) is 1. The van der Waals surface area contributed by atoms with Crippen LogP contribution in [-0.4, -0.2) is 28.8 Å². The summed E-state index contributed by atoms with van der Waals surface area (Å²) in [5, 5.41) is 4.27. The van der Waals surface area contributed by atoms with Gasteiger partial charge in [0.1, 0.15) is 6.04 Å². The van der Waals surface area contributed by atoms with E-state index in [1.54, 1.807) is 29.2 Å². The monoisotopic (exact) mass is 454 g/mol. The van der Waals surface area contributed by atoms with Gasteiger partial charge in [-0.2, -0.15) is 0 Å². The Bertz CT molecular complexity index is 871. The second kappa shape index (κ2) is 10.9. The van der Waals surface area contributed by atoms with Crippen molar-refractivity contribution in [2.24, 2.45) is 0 Å². The van der Waals surface area contributed by atoms with Gasteiger partial charge in [0.25, 0.3) is 0 Å². The number of amides is 2. The summed E-state index contributed by atoms with van der Waals surface area (Å²) in [5.74, 6) is -0.370. The van der Waals surface area contributed by atoms with Gasteiger partial charge >= 0.3 is 0 Å². The molecule has 0 bridgehead atoms. The van der Waals surface area contributed by atoms with E-state index in [-0.39, 0.29) is 30.8 Å². The van der Waals surface area contributed by atoms with Gasteiger partial charge in [-0.1, -0.05) is 66.0 Å². The number of carbonyl (C=O) groups is 2. The molecule has 0 saturated heterocycles. The molecule has 0 aliphatic rings. The third-order valence-corrected chi connectivity index (χ3v) is 5.56. The molecule has 0 aliphatic heterocycles. The standard InChI is InChI=1S/C22H25Cl3N2O2/c1-4-20(22(29)26-14(2)3)27(13-15-9-10-18(24)19(25)11-15)21(28)12-16-7-5-6-8-17(16)23/h5-11,14,20H,4,12-13H2,1-3H3,(H,26,29). The van der Waals surface area contributed by atoms with Crippen LogP contribution >= 0.6 is 34.8 Å². The van der Waals surface area contributed by atoms with Crippen LogP contribution in [0, 0.1) is 0 Å². The van der Waals surface area contributed by atoms with Crippen molar-refractivity contribution >= 4 is 46.6 Å². The second-order valence-corrected chi connectivity index (χ2v) is 8.35. The van der Waals surface area contributed by atoms with E-state index in [0.717, 1.165) is 11.1 Å². The third kappa shape index (κ3) is 6.63. The largest absolute Gasteiger partial charge is 0.352 e. The fourth-order valence-electron chi connectivity index (χ4n) is 3.04. The van der Waals surface area contributed by atoms with Crippen molar-refractivity contribution in [3.63, 3.8) is 0 Å². The Labute approximate surface area is 187 Å². The molecule has 0 aliphatic carbocycles. The quantitative estimate of drug-likeness (QED) is 0.569. The first kappa shape index (κ1) is 23.5. The van der Waals surface area contributed by atoms with Crippen LogP contribution in [-0.2, 0) is 22.6 Å². The first-order valence-corrected chi connectivity index (χ1v) is 10.6. The first-order chi connectivity index (χ1) is 13.7. The van der Waals surface area contributed by atoms with Gasteiger partial charge in [0.2, 0.25) is 11.8 Å². The molecule has 0 saturated carbocycles. The maximum Gasteiger partial charge on any atom is 0.243 e. The van der Waals surface area contributed by atoms with Crippen LogP contribution in [0.25, 0.3) is 0 Å². The van der Waals surface area contributed by atoms with E-state index in [9.17, 15) is 9.59 Å². The van der Waals surface area contributed by atoms with Gasteiger partial charge in [-0.15, -0.1) is 0 Å². The van der Waals surface area contributed by atoms with Crippen molar-refractivity contribution in [2.75, 3.05) is 0 Å². The summed E-state index contributed by atoms with van der Waals surface area (Å²) < 4.78 is 0. The fourth-order valence-corrected chi connectivity index (χ4v) is 3.56. The zero-order valence-electron chi connectivity index (χ0n) is 16.7. The SMILES string of the molecule is CCC(C(=O)NC(C)C)N(Cc1ccc(Cl)c(Cl)c1)C(=O)Cc1ccccc1Cl. The summed E-state index contributed by atoms with van der Waals surface area (Å²) in [6.07, 6.45) is 0.584. The van der Waals surface area contributed by atoms with E-state index < -0.39 is 6.04 Å². The second-order valence-electron chi connectivity index (χ2n) is 7.13. The molecule has 2 rings (SSSR count). The summed E-state index contributed by atoms with van der Waals surface area (Å²) in [4.78, 5) is 27.6. The van der Waals surface area contributed by atoms with Gasteiger partial charge in [-0.05, 0) is 49.6 Å². The highest BCUT2D eigenvalue weighted by Gasteiger charge is 2.29. The van der Waals surface area contributed by atoms with Gasteiger partial charge < -0.3 is 10.2 Å². The number of carbonyl (C=O) groups excluding carboxylic acids is 2. The van der Waals surface area contributed by atoms with E-state index in [1.807, 2.05) is 39.0 Å². The van der Waals surface area contributed by atoms with Crippen LogP contribution in [0.2, 0.25) is 15.1 Å². The number of nitrogens with zero attached hydrogens (tertiary/aromatic N) is 1. The number of nitrogens with one attached hydrogen (secondary N) is 1. The molecule has 0 heterocycles. The molecular weight excluding hydrogens is 431 g/mol. The molecule has 0 aromatic heterocycles. The van der Waals surface area contributed by atoms with Crippen molar-refractivity contribution in [3.8, 4) is 0 Å². The molecule has 2 amide bonds. The van der Waals surface area contributed by atoms with E-state index in [0.29, 0.717) is 21.5 Å². The Morgan fingerprint density at radius 3 is 2.28 bits per heavy atom. The number of benzene rings is 2. The van der Waals surface area contributed by atoms with Crippen LogP contribution in [0.15, 0.2) is 42.5 Å². The van der Waals surface area contributed by atoms with Gasteiger partial charge in [0.15, 0.2) is 0 Å². The maximum atomic E-state index is 13.2. The highest BCUT2D eigenvalue weighted by Crippen LogP contribution is 2.25. The molecule has 1 N–H and O–H groups in total. The zero-order chi connectivity index (χ0) is 21.6. The van der Waals surface area contributed by atoms with Crippen LogP contribution in [0.3, 0.4) is 0 Å². The van der Waals surface area contributed by atoms with Crippen molar-refractivity contribution < 1.29 is 9.59 Å². The topological polar surface area (TPSA) is 49.4 Å². The van der Waals surface area contributed by atoms with Crippen LogP contribution in [0.5, 0.6) is 0 Å². The minimum absolute atomic E-state index is 0.0259. The van der Waals surface area contributed by atoms with E-state index in [1.165, 1.54) is 0 Å². The summed E-state index contributed by atoms with van der Waals surface area (Å²) in [6.45, 7) is 5.90. The molecule has 0 radical (unpaired) electrons. The van der Waals surface area contributed by atoms with Gasteiger partial charge in [-0.25, -0.2) is 0 Å². The van der Waals surface area contributed by atoms with Crippen molar-refractivity contribution in [3.05, 3.63) is 68.7 Å². The average molecular weight is 456 g/mol. The van der Waals surface area contributed by atoms with E-state index >= 15 is 0 Å². The zero-order valence-corrected chi connectivity index (χ0v) is 19.0. The summed E-state index contributed by atoms with van der Waals surface area (Å²) >= 11 is 18.4. The minimum atomic E-state index is -0.609. The Hall–Kier alpha value is -1.75. The van der Waals surface area contributed by atoms with Crippen LogP contribution < -0.4 is 5.32 Å². The average Bonchev–Trinajstić information content (AvgIpc) is 2.65. The van der Waals surface area contributed by atoms with Crippen LogP contribution in [0.4, 0.5) is 0 Å². The lowest BCUT2D eigenvalue weighted by Crippen LogP contribution is -2.50. The molecular formula is C22H25Cl3N2O2. The Balaban J connectivity index is 2.34. The Morgan fingerprint density at radius 1 is 1.00 bits per heavy atom. The summed E-state index contributed by atoms with van der Waals surface area (Å²) in [5.41, 5.74) is 1.51. The Morgan fingerprint density at radius 2 is 1.69 bits per heavy atom. The van der Waals surface area contributed by atoms with Gasteiger partial charge in [0, 0.05) is 17.6 Å². The molecule has 2 aromatic carbocycles. The lowest BCUT2D eigenvalue weighted by atomic mass is 10.1. The highest BCUT2D eigenvalue weighted by atomic mass is 35.5. The summed E-state index contributed by atoms with van der Waals surface area (Å²) in [7, 11) is 0. The maximum absolute atomic E-state index is 13.2.